The maximum Gasteiger partial charge on any atom is 0.313 e. The SMILES string of the molecule is Cn1ccnc1CCNc1nnc(SCC(=O)O)s1. The number of hydrogen-bond donors (Lipinski definition) is 2. The first-order valence-electron chi connectivity index (χ1n) is 5.53. The van der Waals surface area contributed by atoms with E-state index < -0.39 is 5.97 Å². The summed E-state index contributed by atoms with van der Waals surface area (Å²) >= 11 is 2.53. The molecule has 0 fully saturated rings. The molecular weight excluding hydrogens is 286 g/mol. The second kappa shape index (κ2) is 6.53. The van der Waals surface area contributed by atoms with Gasteiger partial charge in [-0.3, -0.25) is 4.79 Å². The molecule has 7 nitrogen and oxygen atoms in total. The summed E-state index contributed by atoms with van der Waals surface area (Å²) in [4.78, 5) is 14.6. The van der Waals surface area contributed by atoms with Gasteiger partial charge in [0.15, 0.2) is 4.34 Å². The van der Waals surface area contributed by atoms with Crippen molar-refractivity contribution in [1.29, 1.82) is 0 Å². The molecule has 2 heterocycles. The van der Waals surface area contributed by atoms with Gasteiger partial charge in [-0.1, -0.05) is 23.1 Å². The Labute approximate surface area is 118 Å². The van der Waals surface area contributed by atoms with Crippen molar-refractivity contribution in [2.24, 2.45) is 7.05 Å². The Morgan fingerprint density at radius 2 is 2.42 bits per heavy atom. The zero-order valence-corrected chi connectivity index (χ0v) is 11.9. The third-order valence-corrected chi connectivity index (χ3v) is 4.27. The number of aromatic nitrogens is 4. The maximum absolute atomic E-state index is 10.4. The number of rotatable bonds is 7. The lowest BCUT2D eigenvalue weighted by molar-refractivity contribution is -0.133. The fraction of sp³-hybridized carbons (Fsp3) is 0.400. The normalized spacial score (nSPS) is 10.6. The molecule has 102 valence electrons. The molecule has 0 atom stereocenters. The summed E-state index contributed by atoms with van der Waals surface area (Å²) in [6.45, 7) is 0.711. The molecule has 2 aromatic rings. The molecule has 0 saturated carbocycles. The van der Waals surface area contributed by atoms with Crippen LogP contribution in [0, 0.1) is 0 Å². The molecular formula is C10H13N5O2S2. The monoisotopic (exact) mass is 299 g/mol. The summed E-state index contributed by atoms with van der Waals surface area (Å²) in [6.07, 6.45) is 4.46. The van der Waals surface area contributed by atoms with Gasteiger partial charge in [-0.25, -0.2) is 4.98 Å². The lowest BCUT2D eigenvalue weighted by Gasteiger charge is -2.02. The second-order valence-electron chi connectivity index (χ2n) is 3.69. The van der Waals surface area contributed by atoms with Crippen molar-refractivity contribution in [1.82, 2.24) is 19.7 Å². The number of nitrogens with one attached hydrogen (secondary N) is 1. The molecule has 0 amide bonds. The first-order chi connectivity index (χ1) is 9.15. The maximum atomic E-state index is 10.4. The Hall–Kier alpha value is -1.61. The average molecular weight is 299 g/mol. The van der Waals surface area contributed by atoms with Gasteiger partial charge in [0, 0.05) is 32.4 Å². The Balaban J connectivity index is 1.77. The molecule has 0 aliphatic carbocycles. The summed E-state index contributed by atoms with van der Waals surface area (Å²) in [6, 6.07) is 0. The van der Waals surface area contributed by atoms with Crippen LogP contribution >= 0.6 is 23.1 Å². The van der Waals surface area contributed by atoms with E-state index in [0.717, 1.165) is 12.2 Å². The van der Waals surface area contributed by atoms with Gasteiger partial charge in [0.25, 0.3) is 0 Å². The van der Waals surface area contributed by atoms with E-state index in [2.05, 4.69) is 20.5 Å². The molecule has 9 heteroatoms. The van der Waals surface area contributed by atoms with Crippen LogP contribution in [0.1, 0.15) is 5.82 Å². The van der Waals surface area contributed by atoms with Gasteiger partial charge in [0.1, 0.15) is 5.82 Å². The van der Waals surface area contributed by atoms with Crippen LogP contribution in [0.2, 0.25) is 0 Å². The molecule has 19 heavy (non-hydrogen) atoms. The molecule has 0 aliphatic heterocycles. The molecule has 2 N–H and O–H groups in total. The third kappa shape index (κ3) is 4.21. The third-order valence-electron chi connectivity index (χ3n) is 2.27. The van der Waals surface area contributed by atoms with Crippen molar-refractivity contribution in [2.75, 3.05) is 17.6 Å². The first kappa shape index (κ1) is 13.8. The van der Waals surface area contributed by atoms with E-state index in [9.17, 15) is 4.79 Å². The van der Waals surface area contributed by atoms with E-state index in [-0.39, 0.29) is 5.75 Å². The van der Waals surface area contributed by atoms with E-state index in [1.54, 1.807) is 6.20 Å². The zero-order chi connectivity index (χ0) is 13.7. The van der Waals surface area contributed by atoms with E-state index in [4.69, 9.17) is 5.11 Å². The molecule has 0 unspecified atom stereocenters. The van der Waals surface area contributed by atoms with E-state index in [1.165, 1.54) is 23.1 Å². The number of carbonyl (C=O) groups is 1. The van der Waals surface area contributed by atoms with Crippen LogP contribution in [0.15, 0.2) is 16.7 Å². The highest BCUT2D eigenvalue weighted by Gasteiger charge is 2.07. The zero-order valence-electron chi connectivity index (χ0n) is 10.2. The second-order valence-corrected chi connectivity index (χ2v) is 5.89. The number of carboxylic acid groups (broad SMARTS) is 1. The van der Waals surface area contributed by atoms with Crippen LogP contribution in [-0.4, -0.2) is 43.1 Å². The lowest BCUT2D eigenvalue weighted by atomic mass is 10.4. The lowest BCUT2D eigenvalue weighted by Crippen LogP contribution is -2.08. The van der Waals surface area contributed by atoms with Gasteiger partial charge < -0.3 is 15.0 Å². The summed E-state index contributed by atoms with van der Waals surface area (Å²) < 4.78 is 2.62. The molecule has 0 aliphatic rings. The molecule has 2 rings (SSSR count). The van der Waals surface area contributed by atoms with E-state index in [1.807, 2.05) is 17.8 Å². The van der Waals surface area contributed by atoms with Crippen LogP contribution in [-0.2, 0) is 18.3 Å². The average Bonchev–Trinajstić information content (AvgIpc) is 2.97. The van der Waals surface area contributed by atoms with Crippen molar-refractivity contribution >= 4 is 34.2 Å². The predicted octanol–water partition coefficient (Wildman–Crippen LogP) is 1.10. The number of aliphatic carboxylic acids is 1. The van der Waals surface area contributed by atoms with Gasteiger partial charge in [-0.15, -0.1) is 10.2 Å². The molecule has 0 radical (unpaired) electrons. The standard InChI is InChI=1S/C10H13N5O2S2/c1-15-5-4-11-7(15)2-3-12-9-13-14-10(19-9)18-6-8(16)17/h4-5H,2-3,6H2,1H3,(H,12,13)(H,16,17). The summed E-state index contributed by atoms with van der Waals surface area (Å²) in [7, 11) is 1.95. The van der Waals surface area contributed by atoms with Gasteiger partial charge in [-0.05, 0) is 0 Å². The Bertz CT molecular complexity index is 554. The number of aryl methyl sites for hydroxylation is 1. The Morgan fingerprint density at radius 1 is 1.58 bits per heavy atom. The highest BCUT2D eigenvalue weighted by Crippen LogP contribution is 2.25. The van der Waals surface area contributed by atoms with Crippen LogP contribution in [0.4, 0.5) is 5.13 Å². The molecule has 0 spiro atoms. The van der Waals surface area contributed by atoms with Crippen LogP contribution < -0.4 is 5.32 Å². The van der Waals surface area contributed by atoms with Crippen LogP contribution in [0.3, 0.4) is 0 Å². The quantitative estimate of drug-likeness (QED) is 0.739. The van der Waals surface area contributed by atoms with Gasteiger partial charge in [-0.2, -0.15) is 0 Å². The van der Waals surface area contributed by atoms with E-state index in [0.29, 0.717) is 16.0 Å². The Kier molecular flexibility index (Phi) is 4.74. The molecule has 0 aromatic carbocycles. The minimum atomic E-state index is -0.857. The molecule has 0 bridgehead atoms. The first-order valence-corrected chi connectivity index (χ1v) is 7.33. The number of hydrogen-bond acceptors (Lipinski definition) is 7. The highest BCUT2D eigenvalue weighted by molar-refractivity contribution is 8.01. The Morgan fingerprint density at radius 3 is 3.11 bits per heavy atom. The number of anilines is 1. The fourth-order valence-electron chi connectivity index (χ4n) is 1.38. The van der Waals surface area contributed by atoms with Gasteiger partial charge in [0.2, 0.25) is 5.13 Å². The molecule has 0 saturated heterocycles. The largest absolute Gasteiger partial charge is 0.481 e. The topological polar surface area (TPSA) is 92.9 Å². The minimum Gasteiger partial charge on any atom is -0.481 e. The van der Waals surface area contributed by atoms with Crippen molar-refractivity contribution in [2.45, 2.75) is 10.8 Å². The highest BCUT2D eigenvalue weighted by atomic mass is 32.2. The van der Waals surface area contributed by atoms with Crippen molar-refractivity contribution in [3.63, 3.8) is 0 Å². The fourth-order valence-corrected chi connectivity index (χ4v) is 2.88. The predicted molar refractivity (Wildman–Crippen MR) is 73.7 cm³/mol. The molecule has 2 aromatic heterocycles. The van der Waals surface area contributed by atoms with Crippen molar-refractivity contribution in [3.05, 3.63) is 18.2 Å². The van der Waals surface area contributed by atoms with Crippen molar-refractivity contribution < 1.29 is 9.90 Å². The number of imidazole rings is 1. The number of thioether (sulfide) groups is 1. The van der Waals surface area contributed by atoms with Crippen molar-refractivity contribution in [3.8, 4) is 0 Å². The summed E-state index contributed by atoms with van der Waals surface area (Å²) in [5, 5.41) is 20.3. The van der Waals surface area contributed by atoms with Gasteiger partial charge >= 0.3 is 5.97 Å². The van der Waals surface area contributed by atoms with Crippen LogP contribution in [0.25, 0.3) is 0 Å². The van der Waals surface area contributed by atoms with Gasteiger partial charge in [0.05, 0.1) is 5.75 Å². The minimum absolute atomic E-state index is 0.00189. The number of carboxylic acids is 1. The summed E-state index contributed by atoms with van der Waals surface area (Å²) in [5.41, 5.74) is 0. The van der Waals surface area contributed by atoms with Crippen LogP contribution in [0.5, 0.6) is 0 Å². The van der Waals surface area contributed by atoms with E-state index >= 15 is 0 Å². The number of nitrogens with zero attached hydrogens (tertiary/aromatic N) is 4. The smallest absolute Gasteiger partial charge is 0.313 e. The summed E-state index contributed by atoms with van der Waals surface area (Å²) in [5.74, 6) is 0.143.